The van der Waals surface area contributed by atoms with Crippen molar-refractivity contribution in [1.82, 2.24) is 4.98 Å². The molecule has 1 rings (SSSR count). The molecule has 7 nitrogen and oxygen atoms in total. The van der Waals surface area contributed by atoms with Gasteiger partial charge >= 0.3 is 12.0 Å². The van der Waals surface area contributed by atoms with Gasteiger partial charge in [-0.3, -0.25) is 4.79 Å². The van der Waals surface area contributed by atoms with Gasteiger partial charge in [0.1, 0.15) is 10.7 Å². The summed E-state index contributed by atoms with van der Waals surface area (Å²) in [6.07, 6.45) is 1.03. The number of amides is 3. The number of ether oxygens (including phenoxy) is 1. The van der Waals surface area contributed by atoms with Crippen LogP contribution in [0.2, 0.25) is 5.15 Å². The molecule has 1 heterocycles. The number of hydrogen-bond acceptors (Lipinski definition) is 5. The van der Waals surface area contributed by atoms with Crippen LogP contribution in [0.25, 0.3) is 0 Å². The Kier molecular flexibility index (Phi) is 6.47. The maximum absolute atomic E-state index is 12.2. The lowest BCUT2D eigenvalue weighted by Crippen LogP contribution is -2.47. The van der Waals surface area contributed by atoms with E-state index in [4.69, 9.17) is 56.9 Å². The summed E-state index contributed by atoms with van der Waals surface area (Å²) in [5, 5.41) is -0.0728. The van der Waals surface area contributed by atoms with Crippen LogP contribution in [0.5, 0.6) is 0 Å². The number of carbonyl (C=O) groups excluding carboxylic acids is 3. The number of halogens is 4. The summed E-state index contributed by atoms with van der Waals surface area (Å²) in [6.45, 7) is 3.04. The number of carbonyl (C=O) groups is 3. The van der Waals surface area contributed by atoms with Crippen molar-refractivity contribution in [2.24, 2.45) is 5.73 Å². The average molecular weight is 403 g/mol. The third-order valence-corrected chi connectivity index (χ3v) is 3.48. The number of esters is 1. The largest absolute Gasteiger partial charge is 0.462 e. The number of aromatic nitrogens is 1. The molecule has 1 aromatic rings. The minimum Gasteiger partial charge on any atom is -0.462 e. The van der Waals surface area contributed by atoms with Gasteiger partial charge in [0.15, 0.2) is 0 Å². The maximum atomic E-state index is 12.2. The fraction of sp³-hybridized carbons (Fsp3) is 0.333. The number of rotatable bonds is 3. The summed E-state index contributed by atoms with van der Waals surface area (Å²) in [5.41, 5.74) is 4.83. The Morgan fingerprint density at radius 2 is 1.91 bits per heavy atom. The van der Waals surface area contributed by atoms with Crippen molar-refractivity contribution in [3.63, 3.8) is 0 Å². The summed E-state index contributed by atoms with van der Waals surface area (Å²) in [7, 11) is 0. The van der Waals surface area contributed by atoms with E-state index in [-0.39, 0.29) is 28.6 Å². The molecule has 0 fully saturated rings. The van der Waals surface area contributed by atoms with Gasteiger partial charge < -0.3 is 10.5 Å². The first kappa shape index (κ1) is 19.8. The molecule has 3 amide bonds. The number of nitrogens with two attached hydrogens (primary N) is 1. The Morgan fingerprint density at radius 1 is 1.35 bits per heavy atom. The van der Waals surface area contributed by atoms with Crippen molar-refractivity contribution in [3.8, 4) is 0 Å². The first-order chi connectivity index (χ1) is 10.5. The number of pyridine rings is 1. The van der Waals surface area contributed by atoms with Gasteiger partial charge in [0.2, 0.25) is 0 Å². The molecule has 23 heavy (non-hydrogen) atoms. The SMILES string of the molecule is CCOC(=O)c1cnc(Cl)c(C)c1N(C(N)=O)C(=O)C(Cl)(Cl)Cl. The summed E-state index contributed by atoms with van der Waals surface area (Å²) >= 11 is 22.5. The smallest absolute Gasteiger partial charge is 0.341 e. The van der Waals surface area contributed by atoms with E-state index in [2.05, 4.69) is 4.98 Å². The second-order valence-corrected chi connectivity index (χ2v) is 6.77. The van der Waals surface area contributed by atoms with E-state index in [1.54, 1.807) is 6.92 Å². The van der Waals surface area contributed by atoms with E-state index >= 15 is 0 Å². The molecule has 0 atom stereocenters. The van der Waals surface area contributed by atoms with Gasteiger partial charge in [-0.05, 0) is 13.8 Å². The number of alkyl halides is 3. The minimum atomic E-state index is -2.48. The van der Waals surface area contributed by atoms with Crippen molar-refractivity contribution < 1.29 is 19.1 Å². The highest BCUT2D eigenvalue weighted by Gasteiger charge is 2.41. The second-order valence-electron chi connectivity index (χ2n) is 4.13. The zero-order valence-electron chi connectivity index (χ0n) is 11.9. The molecular formula is C12H11Cl4N3O4. The van der Waals surface area contributed by atoms with E-state index in [1.807, 2.05) is 0 Å². The molecular weight excluding hydrogens is 392 g/mol. The second kappa shape index (κ2) is 7.53. The fourth-order valence-corrected chi connectivity index (χ4v) is 2.06. The van der Waals surface area contributed by atoms with Crippen LogP contribution < -0.4 is 10.6 Å². The number of anilines is 1. The molecule has 2 N–H and O–H groups in total. The maximum Gasteiger partial charge on any atom is 0.341 e. The Hall–Kier alpha value is -1.28. The topological polar surface area (TPSA) is 103 Å². The lowest BCUT2D eigenvalue weighted by molar-refractivity contribution is -0.117. The lowest BCUT2D eigenvalue weighted by atomic mass is 10.1. The van der Waals surface area contributed by atoms with Gasteiger partial charge in [0.05, 0.1) is 12.3 Å². The predicted octanol–water partition coefficient (Wildman–Crippen LogP) is 3.00. The van der Waals surface area contributed by atoms with Crippen LogP contribution in [0.15, 0.2) is 6.20 Å². The number of nitrogens with zero attached hydrogens (tertiary/aromatic N) is 2. The van der Waals surface area contributed by atoms with Crippen molar-refractivity contribution in [1.29, 1.82) is 0 Å². The van der Waals surface area contributed by atoms with Gasteiger partial charge in [-0.25, -0.2) is 19.5 Å². The zero-order chi connectivity index (χ0) is 17.9. The Morgan fingerprint density at radius 3 is 2.35 bits per heavy atom. The predicted molar refractivity (Wildman–Crippen MR) is 87.3 cm³/mol. The molecule has 0 saturated heterocycles. The Bertz CT molecular complexity index is 660. The van der Waals surface area contributed by atoms with Crippen LogP contribution >= 0.6 is 46.4 Å². The van der Waals surface area contributed by atoms with Gasteiger partial charge in [0, 0.05) is 11.8 Å². The minimum absolute atomic E-state index is 0.0505. The Labute approximate surface area is 151 Å². The molecule has 0 bridgehead atoms. The first-order valence-corrected chi connectivity index (χ1v) is 7.56. The van der Waals surface area contributed by atoms with Crippen LogP contribution in [0, 0.1) is 6.92 Å². The molecule has 0 spiro atoms. The van der Waals surface area contributed by atoms with Gasteiger partial charge in [-0.15, -0.1) is 0 Å². The van der Waals surface area contributed by atoms with Gasteiger partial charge in [-0.1, -0.05) is 46.4 Å². The van der Waals surface area contributed by atoms with E-state index in [0.717, 1.165) is 6.20 Å². The number of urea groups is 1. The fourth-order valence-electron chi connectivity index (χ4n) is 1.66. The standard InChI is InChI=1S/C12H11Cl4N3O4/c1-3-23-9(20)6-4-18-8(13)5(2)7(6)19(11(17)22)10(21)12(14,15)16/h4H,3H2,1-2H3,(H2,17,22). The molecule has 0 aliphatic carbocycles. The lowest BCUT2D eigenvalue weighted by Gasteiger charge is -2.25. The summed E-state index contributed by atoms with van der Waals surface area (Å²) < 4.78 is 2.36. The molecule has 0 saturated carbocycles. The molecule has 0 radical (unpaired) electrons. The molecule has 0 aliphatic heterocycles. The van der Waals surface area contributed by atoms with Crippen LogP contribution in [-0.4, -0.2) is 33.3 Å². The van der Waals surface area contributed by atoms with E-state index < -0.39 is 21.7 Å². The van der Waals surface area contributed by atoms with Crippen molar-refractivity contribution >= 4 is 70.0 Å². The van der Waals surface area contributed by atoms with Crippen molar-refractivity contribution in [2.75, 3.05) is 11.5 Å². The average Bonchev–Trinajstić information content (AvgIpc) is 2.42. The highest BCUT2D eigenvalue weighted by atomic mass is 35.6. The number of hydrogen-bond donors (Lipinski definition) is 1. The van der Waals surface area contributed by atoms with Crippen LogP contribution in [0.4, 0.5) is 10.5 Å². The highest BCUT2D eigenvalue weighted by molar-refractivity contribution is 6.77. The van der Waals surface area contributed by atoms with Crippen molar-refractivity contribution in [2.45, 2.75) is 17.6 Å². The molecule has 1 aromatic heterocycles. The molecule has 126 valence electrons. The third kappa shape index (κ3) is 4.38. The molecule has 0 unspecified atom stereocenters. The summed E-state index contributed by atoms with van der Waals surface area (Å²) in [4.78, 5) is 40.1. The van der Waals surface area contributed by atoms with E-state index in [1.165, 1.54) is 6.92 Å². The number of imide groups is 1. The van der Waals surface area contributed by atoms with Crippen molar-refractivity contribution in [3.05, 3.63) is 22.5 Å². The zero-order valence-corrected chi connectivity index (χ0v) is 14.9. The number of primary amides is 1. The molecule has 0 aromatic carbocycles. The molecule has 11 heteroatoms. The van der Waals surface area contributed by atoms with E-state index in [9.17, 15) is 14.4 Å². The van der Waals surface area contributed by atoms with Gasteiger partial charge in [0.25, 0.3) is 9.70 Å². The first-order valence-electron chi connectivity index (χ1n) is 6.05. The Balaban J connectivity index is 3.64. The van der Waals surface area contributed by atoms with Crippen LogP contribution in [0.1, 0.15) is 22.8 Å². The third-order valence-electron chi connectivity index (χ3n) is 2.61. The quantitative estimate of drug-likeness (QED) is 0.475. The normalized spacial score (nSPS) is 11.0. The van der Waals surface area contributed by atoms with Crippen LogP contribution in [0.3, 0.4) is 0 Å². The van der Waals surface area contributed by atoms with E-state index in [0.29, 0.717) is 4.90 Å². The highest BCUT2D eigenvalue weighted by Crippen LogP contribution is 2.35. The summed E-state index contributed by atoms with van der Waals surface area (Å²) in [5.74, 6) is -2.12. The molecule has 0 aliphatic rings. The summed E-state index contributed by atoms with van der Waals surface area (Å²) in [6, 6.07) is -1.27. The monoisotopic (exact) mass is 401 g/mol. The van der Waals surface area contributed by atoms with Gasteiger partial charge in [-0.2, -0.15) is 0 Å². The van der Waals surface area contributed by atoms with Crippen LogP contribution in [-0.2, 0) is 9.53 Å².